The molecule has 16 heavy (non-hydrogen) atoms. The molecule has 0 saturated heterocycles. The highest BCUT2D eigenvalue weighted by Gasteiger charge is 2.00. The molecule has 3 heteroatoms. The Morgan fingerprint density at radius 2 is 2.19 bits per heavy atom. The van der Waals surface area contributed by atoms with Crippen LogP contribution in [0.25, 0.3) is 0 Å². The zero-order valence-corrected chi connectivity index (χ0v) is 11.4. The Hall–Kier alpha value is -0.490. The summed E-state index contributed by atoms with van der Waals surface area (Å²) in [7, 11) is 0. The van der Waals surface area contributed by atoms with Crippen molar-refractivity contribution >= 4 is 27.5 Å². The van der Waals surface area contributed by atoms with Crippen LogP contribution in [0.1, 0.15) is 24.8 Å². The summed E-state index contributed by atoms with van der Waals surface area (Å²) in [5.41, 5.74) is 1.12. The van der Waals surface area contributed by atoms with E-state index in [0.29, 0.717) is 0 Å². The lowest BCUT2D eigenvalue weighted by Crippen LogP contribution is -2.14. The van der Waals surface area contributed by atoms with Crippen LogP contribution < -0.4 is 5.32 Å². The average molecular weight is 301 g/mol. The topological polar surface area (TPSA) is 12.0 Å². The molecule has 0 aromatic heterocycles. The maximum Gasteiger partial charge on any atom is 0.0451 e. The second-order valence-corrected chi connectivity index (χ2v) is 4.90. The molecule has 0 saturated carbocycles. The highest BCUT2D eigenvalue weighted by molar-refractivity contribution is 9.10. The van der Waals surface area contributed by atoms with Crippen molar-refractivity contribution in [3.63, 3.8) is 0 Å². The Morgan fingerprint density at radius 3 is 2.94 bits per heavy atom. The fourth-order valence-corrected chi connectivity index (χ4v) is 1.97. The van der Waals surface area contributed by atoms with Crippen LogP contribution in [0.15, 0.2) is 22.7 Å². The second-order valence-electron chi connectivity index (χ2n) is 3.57. The van der Waals surface area contributed by atoms with E-state index in [9.17, 15) is 0 Å². The van der Waals surface area contributed by atoms with Gasteiger partial charge in [0.1, 0.15) is 0 Å². The SMILES string of the molecule is C#CCCCCNCc1cc(Br)ccc1Cl. The summed E-state index contributed by atoms with van der Waals surface area (Å²) in [5.74, 6) is 2.64. The predicted octanol–water partition coefficient (Wildman–Crippen LogP) is 4.00. The molecule has 1 aromatic carbocycles. The number of unbranched alkanes of at least 4 members (excludes halogenated alkanes) is 2. The molecule has 1 N–H and O–H groups in total. The Morgan fingerprint density at radius 1 is 1.38 bits per heavy atom. The van der Waals surface area contributed by atoms with E-state index in [-0.39, 0.29) is 0 Å². The number of halogens is 2. The lowest BCUT2D eigenvalue weighted by molar-refractivity contribution is 0.630. The molecule has 1 aromatic rings. The number of terminal acetylenes is 1. The van der Waals surface area contributed by atoms with Gasteiger partial charge in [-0.1, -0.05) is 27.5 Å². The minimum atomic E-state index is 0.800. The second kappa shape index (κ2) is 7.73. The standard InChI is InChI=1S/C13H15BrClN/c1-2-3-4-5-8-16-10-11-9-12(14)6-7-13(11)15/h1,6-7,9,16H,3-5,8,10H2. The first-order chi connectivity index (χ1) is 7.74. The molecule has 0 bridgehead atoms. The molecule has 0 atom stereocenters. The first-order valence-electron chi connectivity index (χ1n) is 5.32. The van der Waals surface area contributed by atoms with Crippen LogP contribution >= 0.6 is 27.5 Å². The van der Waals surface area contributed by atoms with Gasteiger partial charge in [-0.2, -0.15) is 0 Å². The molecule has 1 nitrogen and oxygen atoms in total. The van der Waals surface area contributed by atoms with Gasteiger partial charge in [0.2, 0.25) is 0 Å². The van der Waals surface area contributed by atoms with Gasteiger partial charge >= 0.3 is 0 Å². The smallest absolute Gasteiger partial charge is 0.0451 e. The summed E-state index contributed by atoms with van der Waals surface area (Å²) in [5, 5.41) is 4.16. The zero-order chi connectivity index (χ0) is 11.8. The Balaban J connectivity index is 2.27. The fraction of sp³-hybridized carbons (Fsp3) is 0.385. The summed E-state index contributed by atoms with van der Waals surface area (Å²) in [6.07, 6.45) is 8.22. The molecular formula is C13H15BrClN. The molecule has 0 aliphatic rings. The van der Waals surface area contributed by atoms with Gasteiger partial charge in [0.15, 0.2) is 0 Å². The van der Waals surface area contributed by atoms with Gasteiger partial charge in [0.05, 0.1) is 0 Å². The average Bonchev–Trinajstić information content (AvgIpc) is 2.28. The molecule has 0 heterocycles. The van der Waals surface area contributed by atoms with E-state index in [0.717, 1.165) is 47.4 Å². The Bertz CT molecular complexity index is 371. The monoisotopic (exact) mass is 299 g/mol. The van der Waals surface area contributed by atoms with Crippen molar-refractivity contribution in [3.8, 4) is 12.3 Å². The van der Waals surface area contributed by atoms with E-state index in [2.05, 4.69) is 27.2 Å². The highest BCUT2D eigenvalue weighted by Crippen LogP contribution is 2.20. The van der Waals surface area contributed by atoms with Gasteiger partial charge in [-0.25, -0.2) is 0 Å². The maximum absolute atomic E-state index is 6.07. The van der Waals surface area contributed by atoms with Crippen LogP contribution in [0.2, 0.25) is 5.02 Å². The lowest BCUT2D eigenvalue weighted by atomic mass is 10.2. The molecule has 0 unspecified atom stereocenters. The first kappa shape index (κ1) is 13.6. The van der Waals surface area contributed by atoms with Crippen LogP contribution in [0.3, 0.4) is 0 Å². The predicted molar refractivity (Wildman–Crippen MR) is 73.5 cm³/mol. The third kappa shape index (κ3) is 5.03. The van der Waals surface area contributed by atoms with Crippen molar-refractivity contribution in [1.82, 2.24) is 5.32 Å². The summed E-state index contributed by atoms with van der Waals surface area (Å²) in [6.45, 7) is 1.78. The highest BCUT2D eigenvalue weighted by atomic mass is 79.9. The van der Waals surface area contributed by atoms with Crippen LogP contribution in [-0.4, -0.2) is 6.54 Å². The van der Waals surface area contributed by atoms with Crippen molar-refractivity contribution in [1.29, 1.82) is 0 Å². The van der Waals surface area contributed by atoms with Gasteiger partial charge in [-0.3, -0.25) is 0 Å². The van der Waals surface area contributed by atoms with Crippen molar-refractivity contribution in [3.05, 3.63) is 33.3 Å². The van der Waals surface area contributed by atoms with E-state index >= 15 is 0 Å². The summed E-state index contributed by atoms with van der Waals surface area (Å²) in [4.78, 5) is 0. The number of hydrogen-bond donors (Lipinski definition) is 1. The summed E-state index contributed by atoms with van der Waals surface area (Å²) in [6, 6.07) is 5.89. The molecule has 1 rings (SSSR count). The number of benzene rings is 1. The Kier molecular flexibility index (Phi) is 6.56. The molecule has 0 amide bonds. The first-order valence-corrected chi connectivity index (χ1v) is 6.49. The van der Waals surface area contributed by atoms with E-state index in [1.165, 1.54) is 0 Å². The molecule has 0 fully saturated rings. The summed E-state index contributed by atoms with van der Waals surface area (Å²) < 4.78 is 1.06. The van der Waals surface area contributed by atoms with Gasteiger partial charge in [-0.15, -0.1) is 12.3 Å². The number of hydrogen-bond acceptors (Lipinski definition) is 1. The zero-order valence-electron chi connectivity index (χ0n) is 9.10. The van der Waals surface area contributed by atoms with Crippen molar-refractivity contribution in [2.24, 2.45) is 0 Å². The third-order valence-corrected chi connectivity index (χ3v) is 3.11. The van der Waals surface area contributed by atoms with Gasteiger partial charge < -0.3 is 5.32 Å². The normalized spacial score (nSPS) is 10.1. The van der Waals surface area contributed by atoms with E-state index in [4.69, 9.17) is 18.0 Å². The van der Waals surface area contributed by atoms with Crippen LogP contribution in [-0.2, 0) is 6.54 Å². The third-order valence-electron chi connectivity index (χ3n) is 2.25. The Labute approximate surface area is 111 Å². The quantitative estimate of drug-likeness (QED) is 0.618. The molecule has 0 aliphatic heterocycles. The number of rotatable bonds is 6. The molecule has 0 spiro atoms. The van der Waals surface area contributed by atoms with Crippen LogP contribution in [0, 0.1) is 12.3 Å². The molecular weight excluding hydrogens is 286 g/mol. The largest absolute Gasteiger partial charge is 0.313 e. The fourth-order valence-electron chi connectivity index (χ4n) is 1.38. The van der Waals surface area contributed by atoms with Crippen LogP contribution in [0.5, 0.6) is 0 Å². The van der Waals surface area contributed by atoms with Gasteiger partial charge in [0, 0.05) is 22.5 Å². The van der Waals surface area contributed by atoms with Gasteiger partial charge in [-0.05, 0) is 43.1 Å². The molecule has 0 radical (unpaired) electrons. The summed E-state index contributed by atoms with van der Waals surface area (Å²) >= 11 is 9.50. The maximum atomic E-state index is 6.07. The van der Waals surface area contributed by atoms with Crippen molar-refractivity contribution in [2.45, 2.75) is 25.8 Å². The molecule has 86 valence electrons. The van der Waals surface area contributed by atoms with Crippen molar-refractivity contribution < 1.29 is 0 Å². The van der Waals surface area contributed by atoms with E-state index in [1.807, 2.05) is 18.2 Å². The van der Waals surface area contributed by atoms with E-state index in [1.54, 1.807) is 0 Å². The molecule has 0 aliphatic carbocycles. The minimum Gasteiger partial charge on any atom is -0.313 e. The van der Waals surface area contributed by atoms with E-state index < -0.39 is 0 Å². The lowest BCUT2D eigenvalue weighted by Gasteiger charge is -2.06. The van der Waals surface area contributed by atoms with Gasteiger partial charge in [0.25, 0.3) is 0 Å². The van der Waals surface area contributed by atoms with Crippen LogP contribution in [0.4, 0.5) is 0 Å². The number of nitrogens with one attached hydrogen (secondary N) is 1. The van der Waals surface area contributed by atoms with Crippen molar-refractivity contribution in [2.75, 3.05) is 6.54 Å². The minimum absolute atomic E-state index is 0.800.